The first kappa shape index (κ1) is 38.9. The molecule has 64 heavy (non-hydrogen) atoms. The maximum atomic E-state index is 2.57. The smallest absolute Gasteiger partial charge is 0.0000922 e. The van der Waals surface area contributed by atoms with Gasteiger partial charge in [-0.05, 0) is 196 Å². The van der Waals surface area contributed by atoms with Gasteiger partial charge in [0.1, 0.15) is 0 Å². The average Bonchev–Trinajstić information content (AvgIpc) is 3.76. The Morgan fingerprint density at radius 2 is 0.766 bits per heavy atom. The van der Waals surface area contributed by atoms with Crippen LogP contribution in [0.15, 0.2) is 164 Å². The van der Waals surface area contributed by atoms with Crippen molar-refractivity contribution >= 4 is 43.1 Å². The molecule has 2 aliphatic rings. The lowest BCUT2D eigenvalue weighted by Crippen LogP contribution is -2.11. The Morgan fingerprint density at radius 1 is 0.266 bits per heavy atom. The summed E-state index contributed by atoms with van der Waals surface area (Å²) in [6, 6.07) is 63.5. The second kappa shape index (κ2) is 13.4. The lowest BCUT2D eigenvalue weighted by Gasteiger charge is -2.24. The highest BCUT2D eigenvalue weighted by molar-refractivity contribution is 6.35. The Labute approximate surface area is 378 Å². The van der Waals surface area contributed by atoms with E-state index in [4.69, 9.17) is 0 Å². The highest BCUT2D eigenvalue weighted by Crippen LogP contribution is 2.65. The summed E-state index contributed by atoms with van der Waals surface area (Å²) in [7, 11) is 0. The van der Waals surface area contributed by atoms with Crippen molar-refractivity contribution in [2.75, 3.05) is 0 Å². The lowest BCUT2D eigenvalue weighted by molar-refractivity contribution is 0.590. The Hall–Kier alpha value is -6.76. The number of hydrogen-bond acceptors (Lipinski definition) is 0. The zero-order valence-corrected chi connectivity index (χ0v) is 38.6. The first-order chi connectivity index (χ1) is 30.6. The molecule has 0 amide bonds. The summed E-state index contributed by atoms with van der Waals surface area (Å²) < 4.78 is 0. The highest BCUT2D eigenvalue weighted by Gasteiger charge is 2.38. The predicted molar refractivity (Wildman–Crippen MR) is 278 cm³/mol. The summed E-state index contributed by atoms with van der Waals surface area (Å²) in [6.07, 6.45) is 0. The maximum absolute atomic E-state index is 2.57. The van der Waals surface area contributed by atoms with E-state index in [-0.39, 0.29) is 16.2 Å². The summed E-state index contributed by atoms with van der Waals surface area (Å²) in [5.74, 6) is 0. The molecular formula is C64H54. The van der Waals surface area contributed by atoms with Crippen LogP contribution in [0.25, 0.3) is 121 Å². The third kappa shape index (κ3) is 5.74. The van der Waals surface area contributed by atoms with Crippen LogP contribution >= 0.6 is 0 Å². The molecule has 12 rings (SSSR count). The molecule has 0 unspecified atom stereocenters. The van der Waals surface area contributed by atoms with E-state index in [1.807, 2.05) is 0 Å². The number of benzene rings is 10. The van der Waals surface area contributed by atoms with Crippen LogP contribution < -0.4 is 0 Å². The molecule has 310 valence electrons. The molecule has 0 radical (unpaired) electrons. The van der Waals surface area contributed by atoms with E-state index >= 15 is 0 Å². The van der Waals surface area contributed by atoms with E-state index in [9.17, 15) is 0 Å². The predicted octanol–water partition coefficient (Wildman–Crippen LogP) is 18.5. The van der Waals surface area contributed by atoms with Gasteiger partial charge in [-0.25, -0.2) is 0 Å². The minimum absolute atomic E-state index is 0.00583. The molecule has 0 nitrogen and oxygen atoms in total. The normalized spacial score (nSPS) is 13.1. The van der Waals surface area contributed by atoms with Crippen LogP contribution in [0.4, 0.5) is 0 Å². The molecule has 0 fully saturated rings. The fraction of sp³-hybridized carbons (Fsp3) is 0.188. The Balaban J connectivity index is 1.32. The van der Waals surface area contributed by atoms with Crippen molar-refractivity contribution in [1.29, 1.82) is 0 Å². The Morgan fingerprint density at radius 3 is 1.44 bits per heavy atom. The van der Waals surface area contributed by atoms with Gasteiger partial charge in [0, 0.05) is 0 Å². The van der Waals surface area contributed by atoms with Crippen LogP contribution in [0.1, 0.15) is 79.0 Å². The molecule has 0 heteroatoms. The largest absolute Gasteiger partial charge is 0.0622 e. The topological polar surface area (TPSA) is 0 Å². The Kier molecular flexibility index (Phi) is 8.13. The zero-order valence-electron chi connectivity index (χ0n) is 38.6. The third-order valence-electron chi connectivity index (χ3n) is 14.5. The molecule has 0 saturated carbocycles. The van der Waals surface area contributed by atoms with Crippen LogP contribution in [0.3, 0.4) is 0 Å². The van der Waals surface area contributed by atoms with Crippen LogP contribution in [0, 0.1) is 0 Å². The van der Waals surface area contributed by atoms with Crippen molar-refractivity contribution in [3.8, 4) is 77.9 Å². The first-order valence-electron chi connectivity index (χ1n) is 23.2. The van der Waals surface area contributed by atoms with E-state index in [1.165, 1.54) is 138 Å². The average molecular weight is 823 g/mol. The minimum atomic E-state index is -0.0139. The van der Waals surface area contributed by atoms with Crippen molar-refractivity contribution in [1.82, 2.24) is 0 Å². The second-order valence-electron chi connectivity index (χ2n) is 21.7. The van der Waals surface area contributed by atoms with Gasteiger partial charge in [-0.3, -0.25) is 0 Å². The van der Waals surface area contributed by atoms with Crippen molar-refractivity contribution in [2.45, 2.75) is 78.6 Å². The number of rotatable bonds is 3. The van der Waals surface area contributed by atoms with Crippen LogP contribution in [-0.2, 0) is 16.2 Å². The molecule has 0 aliphatic heterocycles. The van der Waals surface area contributed by atoms with Crippen LogP contribution in [0.2, 0.25) is 0 Å². The van der Waals surface area contributed by atoms with Gasteiger partial charge < -0.3 is 0 Å². The van der Waals surface area contributed by atoms with E-state index in [1.54, 1.807) is 0 Å². The molecule has 0 atom stereocenters. The van der Waals surface area contributed by atoms with Gasteiger partial charge in [-0.2, -0.15) is 0 Å². The second-order valence-corrected chi connectivity index (χ2v) is 21.7. The quantitative estimate of drug-likeness (QED) is 0.156. The number of hydrogen-bond donors (Lipinski definition) is 0. The zero-order chi connectivity index (χ0) is 44.0. The molecule has 0 heterocycles. The molecule has 10 aromatic carbocycles. The van der Waals surface area contributed by atoms with Gasteiger partial charge >= 0.3 is 0 Å². The van der Waals surface area contributed by atoms with E-state index in [0.717, 1.165) is 0 Å². The third-order valence-corrected chi connectivity index (χ3v) is 14.5. The van der Waals surface area contributed by atoms with Gasteiger partial charge in [0.2, 0.25) is 0 Å². The minimum Gasteiger partial charge on any atom is -0.0622 e. The maximum Gasteiger partial charge on any atom is -0.0000922 e. The molecule has 0 spiro atoms. The van der Waals surface area contributed by atoms with Gasteiger partial charge in [0.05, 0.1) is 0 Å². The summed E-state index contributed by atoms with van der Waals surface area (Å²) in [4.78, 5) is 0. The monoisotopic (exact) mass is 822 g/mol. The fourth-order valence-corrected chi connectivity index (χ4v) is 11.2. The lowest BCUT2D eigenvalue weighted by atomic mass is 9.79. The van der Waals surface area contributed by atoms with Crippen molar-refractivity contribution in [2.24, 2.45) is 0 Å². The molecular weight excluding hydrogens is 769 g/mol. The molecule has 0 saturated heterocycles. The molecule has 0 N–H and O–H groups in total. The Bertz CT molecular complexity index is 3630. The summed E-state index contributed by atoms with van der Waals surface area (Å²) >= 11 is 0. The van der Waals surface area contributed by atoms with E-state index in [0.29, 0.717) is 0 Å². The van der Waals surface area contributed by atoms with Crippen molar-refractivity contribution in [3.05, 3.63) is 180 Å². The fourth-order valence-electron chi connectivity index (χ4n) is 11.2. The van der Waals surface area contributed by atoms with Crippen LogP contribution in [0.5, 0.6) is 0 Å². The molecule has 0 bridgehead atoms. The van der Waals surface area contributed by atoms with E-state index in [2.05, 4.69) is 226 Å². The van der Waals surface area contributed by atoms with Gasteiger partial charge in [-0.1, -0.05) is 184 Å². The van der Waals surface area contributed by atoms with Gasteiger partial charge in [0.15, 0.2) is 0 Å². The first-order valence-corrected chi connectivity index (χ1v) is 23.2. The summed E-state index contributed by atoms with van der Waals surface area (Å²) in [6.45, 7) is 21.0. The number of fused-ring (bicyclic) bond motifs is 9. The highest BCUT2D eigenvalue weighted by atomic mass is 14.4. The van der Waals surface area contributed by atoms with Crippen molar-refractivity contribution in [3.63, 3.8) is 0 Å². The molecule has 2 aliphatic carbocycles. The summed E-state index contributed by atoms with van der Waals surface area (Å²) in [5.41, 5.74) is 22.5. The van der Waals surface area contributed by atoms with Gasteiger partial charge in [0.25, 0.3) is 0 Å². The van der Waals surface area contributed by atoms with Crippen molar-refractivity contribution < 1.29 is 0 Å². The van der Waals surface area contributed by atoms with Gasteiger partial charge in [-0.15, -0.1) is 0 Å². The molecule has 0 aromatic heterocycles. The molecule has 10 aromatic rings. The van der Waals surface area contributed by atoms with E-state index < -0.39 is 0 Å². The van der Waals surface area contributed by atoms with Crippen LogP contribution in [-0.4, -0.2) is 0 Å². The standard InChI is InChI=1S/C64H54/c1-62(2,3)45-25-15-22-41(29-45)48-36-53-49-31-38-20-13-14-21-39(38)32-50(49)58-56(42-24-16-26-46(30-42)63(4,5)6)55(37-18-11-10-12-19-37)59-52-35-44-33-47-40(23-17-27-54(47)64(7,8)9)28-43(44)34-51(52)57(48)61(59)60(53)58/h10-36H,1-9H3. The summed E-state index contributed by atoms with van der Waals surface area (Å²) in [5, 5.41) is 10.5. The SMILES string of the molecule is CC(C)(C)c1cccc(-c2cc3c4c(c(-c5cccc(C(C)(C)C)c5)c(-c5ccccc5)c5c4c2-c2cc4cc6cccc(C(C)(C)C)c6cc4cc2-5)-c2cc4ccccc4cc2-3)c1.